The molecule has 19 heavy (non-hydrogen) atoms. The van der Waals surface area contributed by atoms with Crippen LogP contribution in [0, 0.1) is 0 Å². The molecule has 1 rings (SSSR count). The van der Waals surface area contributed by atoms with E-state index in [0.717, 1.165) is 29.9 Å². The molecule has 0 aromatic heterocycles. The number of aliphatic carboxylic acids is 1. The lowest BCUT2D eigenvalue weighted by Crippen LogP contribution is -1.97. The summed E-state index contributed by atoms with van der Waals surface area (Å²) in [5.41, 5.74) is 1.76. The molecule has 0 atom stereocenters. The number of rotatable bonds is 8. The molecule has 0 saturated carbocycles. The van der Waals surface area contributed by atoms with E-state index in [4.69, 9.17) is 9.84 Å². The van der Waals surface area contributed by atoms with Crippen LogP contribution in [0.1, 0.15) is 45.1 Å². The van der Waals surface area contributed by atoms with Gasteiger partial charge in [0.1, 0.15) is 5.75 Å². The van der Waals surface area contributed by atoms with Gasteiger partial charge in [0, 0.05) is 6.08 Å². The van der Waals surface area contributed by atoms with Crippen molar-refractivity contribution in [3.8, 4) is 5.75 Å². The molecule has 3 nitrogen and oxygen atoms in total. The molecule has 0 fully saturated rings. The first-order valence-corrected chi connectivity index (χ1v) is 6.84. The largest absolute Gasteiger partial charge is 0.494 e. The van der Waals surface area contributed by atoms with Gasteiger partial charge < -0.3 is 9.84 Å². The molecule has 0 aliphatic rings. The fourth-order valence-electron chi connectivity index (χ4n) is 1.85. The molecule has 104 valence electrons. The second kappa shape index (κ2) is 8.35. The van der Waals surface area contributed by atoms with Crippen molar-refractivity contribution >= 4 is 11.5 Å². The zero-order valence-corrected chi connectivity index (χ0v) is 11.7. The number of hydrogen-bond acceptors (Lipinski definition) is 2. The van der Waals surface area contributed by atoms with E-state index in [9.17, 15) is 4.79 Å². The first-order valence-electron chi connectivity index (χ1n) is 6.84. The maximum absolute atomic E-state index is 10.7. The highest BCUT2D eigenvalue weighted by molar-refractivity contribution is 5.89. The van der Waals surface area contributed by atoms with E-state index in [1.807, 2.05) is 31.2 Å². The van der Waals surface area contributed by atoms with Crippen molar-refractivity contribution in [1.29, 1.82) is 0 Å². The highest BCUT2D eigenvalue weighted by Gasteiger charge is 2.02. The Morgan fingerprint density at radius 1 is 1.21 bits per heavy atom. The zero-order valence-electron chi connectivity index (χ0n) is 11.7. The van der Waals surface area contributed by atoms with Crippen molar-refractivity contribution in [2.75, 3.05) is 6.61 Å². The van der Waals surface area contributed by atoms with Crippen molar-refractivity contribution in [2.24, 2.45) is 0 Å². The number of allylic oxidation sites excluding steroid dienone is 1. The van der Waals surface area contributed by atoms with Gasteiger partial charge in [0.05, 0.1) is 6.61 Å². The molecule has 0 bridgehead atoms. The molecule has 1 aromatic carbocycles. The Bertz CT molecular complexity index is 418. The number of carbonyl (C=O) groups is 1. The Labute approximate surface area is 114 Å². The summed E-state index contributed by atoms with van der Waals surface area (Å²) in [6.45, 7) is 4.85. The van der Waals surface area contributed by atoms with Crippen LogP contribution in [0.4, 0.5) is 0 Å². The number of carboxylic acids is 1. The molecule has 0 spiro atoms. The van der Waals surface area contributed by atoms with E-state index in [-0.39, 0.29) is 0 Å². The normalized spacial score (nSPS) is 11.4. The van der Waals surface area contributed by atoms with E-state index < -0.39 is 5.97 Å². The minimum atomic E-state index is -0.906. The first-order chi connectivity index (χ1) is 9.17. The summed E-state index contributed by atoms with van der Waals surface area (Å²) in [4.78, 5) is 10.7. The van der Waals surface area contributed by atoms with Gasteiger partial charge in [0.15, 0.2) is 0 Å². The lowest BCUT2D eigenvalue weighted by Gasteiger charge is -2.08. The summed E-state index contributed by atoms with van der Waals surface area (Å²) in [6, 6.07) is 7.61. The van der Waals surface area contributed by atoms with E-state index >= 15 is 0 Å². The maximum Gasteiger partial charge on any atom is 0.328 e. The Hall–Kier alpha value is -1.77. The molecule has 0 amide bonds. The average molecular weight is 262 g/mol. The fraction of sp³-hybridized carbons (Fsp3) is 0.438. The molecule has 3 heteroatoms. The van der Waals surface area contributed by atoms with Crippen molar-refractivity contribution in [2.45, 2.75) is 39.5 Å². The van der Waals surface area contributed by atoms with Crippen LogP contribution in [-0.4, -0.2) is 17.7 Å². The van der Waals surface area contributed by atoms with Gasteiger partial charge in [-0.25, -0.2) is 4.79 Å². The zero-order chi connectivity index (χ0) is 14.1. The number of carboxylic acid groups (broad SMARTS) is 1. The molecular formula is C16H22O3. The Balaban J connectivity index is 2.62. The predicted molar refractivity (Wildman–Crippen MR) is 77.4 cm³/mol. The second-order valence-corrected chi connectivity index (χ2v) is 4.44. The van der Waals surface area contributed by atoms with Gasteiger partial charge in [0.2, 0.25) is 0 Å². The van der Waals surface area contributed by atoms with Crippen LogP contribution < -0.4 is 4.74 Å². The van der Waals surface area contributed by atoms with Crippen LogP contribution in [0.25, 0.3) is 5.57 Å². The molecule has 0 heterocycles. The van der Waals surface area contributed by atoms with Crippen LogP contribution >= 0.6 is 0 Å². The average Bonchev–Trinajstić information content (AvgIpc) is 2.41. The molecule has 0 radical (unpaired) electrons. The summed E-state index contributed by atoms with van der Waals surface area (Å²) in [5, 5.41) is 8.80. The van der Waals surface area contributed by atoms with E-state index in [2.05, 4.69) is 6.92 Å². The molecule has 0 aliphatic carbocycles. The monoisotopic (exact) mass is 262 g/mol. The summed E-state index contributed by atoms with van der Waals surface area (Å²) in [5.74, 6) is -0.0672. The van der Waals surface area contributed by atoms with Crippen LogP contribution in [0.3, 0.4) is 0 Å². The van der Waals surface area contributed by atoms with Gasteiger partial charge in [-0.15, -0.1) is 0 Å². The van der Waals surface area contributed by atoms with Gasteiger partial charge in [-0.1, -0.05) is 38.8 Å². The second-order valence-electron chi connectivity index (χ2n) is 4.44. The van der Waals surface area contributed by atoms with Gasteiger partial charge in [-0.2, -0.15) is 0 Å². The lowest BCUT2D eigenvalue weighted by atomic mass is 10.0. The van der Waals surface area contributed by atoms with E-state index in [0.29, 0.717) is 6.42 Å². The molecule has 0 aliphatic heterocycles. The van der Waals surface area contributed by atoms with Crippen molar-refractivity contribution in [3.63, 3.8) is 0 Å². The van der Waals surface area contributed by atoms with Crippen molar-refractivity contribution in [3.05, 3.63) is 35.9 Å². The standard InChI is InChI=1S/C16H22O3/c1-3-5-6-11-19-15-9-7-14(8-10-15)13(4-2)12-16(17)18/h7-10,12H,3-6,11H2,1-2H3,(H,17,18)/b13-12+. The Morgan fingerprint density at radius 3 is 2.42 bits per heavy atom. The SMILES string of the molecule is CCCCCOc1ccc(/C(=C/C(=O)O)CC)cc1. The molecular weight excluding hydrogens is 240 g/mol. The van der Waals surface area contributed by atoms with E-state index in [1.165, 1.54) is 18.9 Å². The lowest BCUT2D eigenvalue weighted by molar-refractivity contribution is -0.131. The fourth-order valence-corrected chi connectivity index (χ4v) is 1.85. The Kier molecular flexibility index (Phi) is 6.72. The number of ether oxygens (including phenoxy) is 1. The van der Waals surface area contributed by atoms with Gasteiger partial charge in [-0.05, 0) is 36.1 Å². The van der Waals surface area contributed by atoms with Crippen LogP contribution in [0.5, 0.6) is 5.75 Å². The summed E-state index contributed by atoms with van der Waals surface area (Å²) < 4.78 is 5.62. The quantitative estimate of drug-likeness (QED) is 0.566. The molecule has 0 saturated heterocycles. The van der Waals surface area contributed by atoms with Gasteiger partial charge in [-0.3, -0.25) is 0 Å². The number of benzene rings is 1. The smallest absolute Gasteiger partial charge is 0.328 e. The minimum absolute atomic E-state index is 0.697. The Morgan fingerprint density at radius 2 is 1.89 bits per heavy atom. The van der Waals surface area contributed by atoms with Crippen LogP contribution in [-0.2, 0) is 4.79 Å². The van der Waals surface area contributed by atoms with Crippen molar-refractivity contribution in [1.82, 2.24) is 0 Å². The third-order valence-electron chi connectivity index (χ3n) is 2.92. The highest BCUT2D eigenvalue weighted by atomic mass is 16.5. The third kappa shape index (κ3) is 5.60. The number of hydrogen-bond donors (Lipinski definition) is 1. The summed E-state index contributed by atoms with van der Waals surface area (Å²) >= 11 is 0. The predicted octanol–water partition coefficient (Wildman–Crippen LogP) is 4.13. The first kappa shape index (κ1) is 15.3. The molecule has 0 unspecified atom stereocenters. The minimum Gasteiger partial charge on any atom is -0.494 e. The topological polar surface area (TPSA) is 46.5 Å². The maximum atomic E-state index is 10.7. The third-order valence-corrected chi connectivity index (χ3v) is 2.92. The van der Waals surface area contributed by atoms with E-state index in [1.54, 1.807) is 0 Å². The molecule has 1 aromatic rings. The van der Waals surface area contributed by atoms with Crippen LogP contribution in [0.2, 0.25) is 0 Å². The number of unbranched alkanes of at least 4 members (excludes halogenated alkanes) is 2. The summed E-state index contributed by atoms with van der Waals surface area (Å²) in [6.07, 6.45) is 5.39. The van der Waals surface area contributed by atoms with Gasteiger partial charge in [0.25, 0.3) is 0 Å². The summed E-state index contributed by atoms with van der Waals surface area (Å²) in [7, 11) is 0. The highest BCUT2D eigenvalue weighted by Crippen LogP contribution is 2.21. The van der Waals surface area contributed by atoms with Crippen molar-refractivity contribution < 1.29 is 14.6 Å². The van der Waals surface area contributed by atoms with Gasteiger partial charge >= 0.3 is 5.97 Å². The van der Waals surface area contributed by atoms with Crippen LogP contribution in [0.15, 0.2) is 30.3 Å². The molecule has 1 N–H and O–H groups in total.